The van der Waals surface area contributed by atoms with Crippen LogP contribution < -0.4 is 11.3 Å². The van der Waals surface area contributed by atoms with E-state index in [2.05, 4.69) is 22.4 Å². The molecule has 2 aromatic rings. The van der Waals surface area contributed by atoms with E-state index >= 15 is 0 Å². The lowest BCUT2D eigenvalue weighted by atomic mass is 10.1. The van der Waals surface area contributed by atoms with E-state index in [1.807, 2.05) is 0 Å². The first-order valence-corrected chi connectivity index (χ1v) is 6.02. The summed E-state index contributed by atoms with van der Waals surface area (Å²) in [6, 6.07) is 6.90. The molecule has 0 atom stereocenters. The minimum Gasteiger partial charge on any atom is -0.494 e. The largest absolute Gasteiger partial charge is 0.494 e. The molecule has 19 heavy (non-hydrogen) atoms. The zero-order valence-corrected chi connectivity index (χ0v) is 11.0. The van der Waals surface area contributed by atoms with Gasteiger partial charge in [-0.25, -0.2) is 0 Å². The summed E-state index contributed by atoms with van der Waals surface area (Å²) >= 11 is 4.61. The van der Waals surface area contributed by atoms with Crippen molar-refractivity contribution in [3.8, 4) is 5.88 Å². The van der Waals surface area contributed by atoms with Crippen LogP contribution in [0.15, 0.2) is 39.3 Å². The molecule has 3 N–H and O–H groups in total. The molecule has 0 bridgehead atoms. The summed E-state index contributed by atoms with van der Waals surface area (Å²) in [5, 5.41) is 18.3. The predicted octanol–water partition coefficient (Wildman–Crippen LogP) is 2.05. The van der Waals surface area contributed by atoms with Crippen LogP contribution in [0.2, 0.25) is 0 Å². The maximum absolute atomic E-state index is 12.2. The fourth-order valence-corrected chi connectivity index (χ4v) is 1.90. The second-order valence-electron chi connectivity index (χ2n) is 3.81. The van der Waals surface area contributed by atoms with Gasteiger partial charge in [-0.3, -0.25) is 9.36 Å². The lowest BCUT2D eigenvalue weighted by molar-refractivity contribution is 0.419. The van der Waals surface area contributed by atoms with E-state index < -0.39 is 5.56 Å². The number of rotatable bonds is 2. The lowest BCUT2D eigenvalue weighted by Crippen LogP contribution is -2.19. The van der Waals surface area contributed by atoms with E-state index in [9.17, 15) is 9.90 Å². The third-order valence-electron chi connectivity index (χ3n) is 2.69. The molecule has 0 aliphatic heterocycles. The van der Waals surface area contributed by atoms with Gasteiger partial charge in [-0.05, 0) is 25.2 Å². The molecule has 98 valence electrons. The van der Waals surface area contributed by atoms with Gasteiger partial charge in [0.25, 0.3) is 5.56 Å². The van der Waals surface area contributed by atoms with Gasteiger partial charge in [0, 0.05) is 17.3 Å². The number of nitrogens with zero attached hydrogens (tertiary/aromatic N) is 3. The van der Waals surface area contributed by atoms with Crippen LogP contribution in [0.25, 0.3) is 10.8 Å². The number of nitrogens with two attached hydrogens (primary N) is 1. The highest BCUT2D eigenvalue weighted by Gasteiger charge is 2.14. The molecule has 1 aromatic carbocycles. The van der Waals surface area contributed by atoms with Crippen molar-refractivity contribution in [1.82, 2.24) is 4.57 Å². The highest BCUT2D eigenvalue weighted by Crippen LogP contribution is 2.29. The molecule has 0 amide bonds. The monoisotopic (exact) mass is 276 g/mol. The van der Waals surface area contributed by atoms with Crippen LogP contribution in [0.1, 0.15) is 6.92 Å². The summed E-state index contributed by atoms with van der Waals surface area (Å²) < 4.78 is 1.22. The number of benzene rings is 1. The highest BCUT2D eigenvalue weighted by atomic mass is 32.1. The lowest BCUT2D eigenvalue weighted by Gasteiger charge is -2.10. The molecular weight excluding hydrogens is 264 g/mol. The van der Waals surface area contributed by atoms with Crippen molar-refractivity contribution in [1.29, 1.82) is 0 Å². The van der Waals surface area contributed by atoms with Crippen LogP contribution in [-0.4, -0.2) is 14.8 Å². The topological polar surface area (TPSA) is 93.0 Å². The van der Waals surface area contributed by atoms with Crippen LogP contribution >= 0.6 is 12.2 Å². The Kier molecular flexibility index (Phi) is 3.57. The van der Waals surface area contributed by atoms with Crippen molar-refractivity contribution >= 4 is 33.8 Å². The smallest absolute Gasteiger partial charge is 0.281 e. The third-order valence-corrected chi connectivity index (χ3v) is 2.77. The van der Waals surface area contributed by atoms with Crippen molar-refractivity contribution in [3.63, 3.8) is 0 Å². The molecule has 0 spiro atoms. The molecule has 0 saturated carbocycles. The van der Waals surface area contributed by atoms with E-state index in [0.29, 0.717) is 17.3 Å². The number of hydrogen-bond acceptors (Lipinski definition) is 4. The molecule has 0 unspecified atom stereocenters. The van der Waals surface area contributed by atoms with Crippen molar-refractivity contribution in [2.75, 3.05) is 0 Å². The molecule has 0 radical (unpaired) electrons. The molecular formula is C12H12N4O2S. The van der Waals surface area contributed by atoms with Gasteiger partial charge >= 0.3 is 0 Å². The van der Waals surface area contributed by atoms with Crippen molar-refractivity contribution < 1.29 is 5.11 Å². The number of aromatic hydroxyl groups is 1. The Morgan fingerprint density at radius 2 is 2.05 bits per heavy atom. The third kappa shape index (κ3) is 2.32. The van der Waals surface area contributed by atoms with E-state index in [-0.39, 0.29) is 16.7 Å². The Morgan fingerprint density at radius 3 is 2.63 bits per heavy atom. The van der Waals surface area contributed by atoms with Gasteiger partial charge in [0.2, 0.25) is 11.0 Å². The Morgan fingerprint density at radius 1 is 1.42 bits per heavy atom. The average molecular weight is 276 g/mol. The zero-order valence-electron chi connectivity index (χ0n) is 10.2. The first-order chi connectivity index (χ1) is 9.06. The van der Waals surface area contributed by atoms with E-state index in [1.54, 1.807) is 31.2 Å². The van der Waals surface area contributed by atoms with Gasteiger partial charge in [0.1, 0.15) is 0 Å². The Bertz CT molecular complexity index is 736. The van der Waals surface area contributed by atoms with Crippen molar-refractivity contribution in [2.24, 2.45) is 16.0 Å². The molecule has 0 aliphatic carbocycles. The second kappa shape index (κ2) is 5.15. The molecule has 1 aromatic heterocycles. The predicted molar refractivity (Wildman–Crippen MR) is 76.8 cm³/mol. The van der Waals surface area contributed by atoms with Crippen LogP contribution in [-0.2, 0) is 6.54 Å². The fourth-order valence-electron chi connectivity index (χ4n) is 1.86. The molecule has 2 rings (SSSR count). The molecule has 0 saturated heterocycles. The average Bonchev–Trinajstić information content (AvgIpc) is 2.39. The van der Waals surface area contributed by atoms with Crippen molar-refractivity contribution in [3.05, 3.63) is 34.6 Å². The number of pyridine rings is 1. The summed E-state index contributed by atoms with van der Waals surface area (Å²) in [6.07, 6.45) is 0. The number of fused-ring (bicyclic) bond motifs is 1. The van der Waals surface area contributed by atoms with E-state index in [1.165, 1.54) is 4.57 Å². The van der Waals surface area contributed by atoms with Crippen LogP contribution in [0.4, 0.5) is 5.69 Å². The summed E-state index contributed by atoms with van der Waals surface area (Å²) in [6.45, 7) is 2.08. The van der Waals surface area contributed by atoms with Crippen LogP contribution in [0, 0.1) is 0 Å². The summed E-state index contributed by atoms with van der Waals surface area (Å²) in [5.41, 5.74) is 4.93. The minimum atomic E-state index is -0.432. The summed E-state index contributed by atoms with van der Waals surface area (Å²) in [5.74, 6) is -0.0858. The minimum absolute atomic E-state index is 0.0858. The van der Waals surface area contributed by atoms with E-state index in [4.69, 9.17) is 5.73 Å². The quantitative estimate of drug-likeness (QED) is 0.648. The maximum Gasteiger partial charge on any atom is 0.281 e. The van der Waals surface area contributed by atoms with Gasteiger partial charge in [-0.1, -0.05) is 18.2 Å². The summed E-state index contributed by atoms with van der Waals surface area (Å²) in [4.78, 5) is 12.2. The summed E-state index contributed by atoms with van der Waals surface area (Å²) in [7, 11) is 0. The Hall–Kier alpha value is -2.28. The Labute approximate surface area is 114 Å². The van der Waals surface area contributed by atoms with E-state index in [0.717, 1.165) is 0 Å². The normalized spacial score (nSPS) is 11.2. The van der Waals surface area contributed by atoms with Crippen molar-refractivity contribution in [2.45, 2.75) is 13.5 Å². The number of thiocarbonyl (C=S) groups is 1. The maximum atomic E-state index is 12.2. The standard InChI is InChI=1S/C12H12N4O2S/c1-2-16-10(17)8-6-4-3-5-7(8)9(11(16)18)14-15-12(13)19/h3-6,17H,2H2,1H3,(H2,13,19). The molecule has 1 heterocycles. The Balaban J connectivity index is 2.88. The first-order valence-electron chi connectivity index (χ1n) is 5.62. The second-order valence-corrected chi connectivity index (χ2v) is 4.22. The van der Waals surface area contributed by atoms with Gasteiger partial charge in [-0.15, -0.1) is 10.2 Å². The zero-order chi connectivity index (χ0) is 14.0. The van der Waals surface area contributed by atoms with Gasteiger partial charge in [0.15, 0.2) is 5.69 Å². The SMILES string of the molecule is CCn1c(O)c2ccccc2c(N=NC(N)=S)c1=O. The van der Waals surface area contributed by atoms with Gasteiger partial charge in [-0.2, -0.15) is 0 Å². The van der Waals surface area contributed by atoms with Gasteiger partial charge in [0.05, 0.1) is 0 Å². The van der Waals surface area contributed by atoms with Gasteiger partial charge < -0.3 is 10.8 Å². The molecule has 7 heteroatoms. The fraction of sp³-hybridized carbons (Fsp3) is 0.167. The van der Waals surface area contributed by atoms with Crippen LogP contribution in [0.3, 0.4) is 0 Å². The number of aromatic nitrogens is 1. The molecule has 0 aliphatic rings. The van der Waals surface area contributed by atoms with Crippen LogP contribution in [0.5, 0.6) is 5.88 Å². The number of hydrogen-bond donors (Lipinski definition) is 2. The highest BCUT2D eigenvalue weighted by molar-refractivity contribution is 7.80. The number of azo groups is 1. The molecule has 0 fully saturated rings. The molecule has 6 nitrogen and oxygen atoms in total. The first kappa shape index (κ1) is 13.2.